The van der Waals surface area contributed by atoms with Crippen LogP contribution in [-0.4, -0.2) is 40.9 Å². The zero-order chi connectivity index (χ0) is 20.9. The van der Waals surface area contributed by atoms with E-state index in [4.69, 9.17) is 9.47 Å². The Morgan fingerprint density at radius 1 is 0.600 bits per heavy atom. The largest absolute Gasteiger partial charge is 0.453 e. The topological polar surface area (TPSA) is 95.5 Å². The third kappa shape index (κ3) is 4.30. The van der Waals surface area contributed by atoms with Gasteiger partial charge in [-0.3, -0.25) is 4.79 Å². The molecule has 0 amide bonds. The van der Waals surface area contributed by atoms with E-state index in [1.165, 1.54) is 12.1 Å². The van der Waals surface area contributed by atoms with Crippen molar-refractivity contribution in [1.82, 2.24) is 9.97 Å². The van der Waals surface area contributed by atoms with Gasteiger partial charge in [0.1, 0.15) is 11.4 Å². The number of Topliss-reactive ketones (excluding diaryl/α,β-unsaturated/α-hetero) is 1. The quantitative estimate of drug-likeness (QED) is 0.458. The summed E-state index contributed by atoms with van der Waals surface area (Å²) in [5.74, 6) is -2.01. The molecule has 4 rings (SSSR count). The molecule has 0 radical (unpaired) electrons. The van der Waals surface area contributed by atoms with Crippen molar-refractivity contribution in [2.45, 2.75) is 0 Å². The highest BCUT2D eigenvalue weighted by molar-refractivity contribution is 5.94. The first kappa shape index (κ1) is 19.2. The highest BCUT2D eigenvalue weighted by atomic mass is 16.6. The van der Waals surface area contributed by atoms with Crippen LogP contribution in [-0.2, 0) is 14.3 Å². The average molecular weight is 400 g/mol. The Morgan fingerprint density at radius 3 is 1.50 bits per heavy atom. The number of nitrogens with zero attached hydrogens (tertiary/aromatic N) is 2. The van der Waals surface area contributed by atoms with Crippen LogP contribution in [0.25, 0.3) is 21.8 Å². The lowest BCUT2D eigenvalue weighted by Gasteiger charge is -2.06. The summed E-state index contributed by atoms with van der Waals surface area (Å²) in [5, 5.41) is 1.78. The van der Waals surface area contributed by atoms with Gasteiger partial charge in [0.2, 0.25) is 5.78 Å². The Bertz CT molecular complexity index is 1170. The summed E-state index contributed by atoms with van der Waals surface area (Å²) in [7, 11) is 0. The molecule has 30 heavy (non-hydrogen) atoms. The van der Waals surface area contributed by atoms with Gasteiger partial charge >= 0.3 is 11.9 Å². The van der Waals surface area contributed by atoms with E-state index in [9.17, 15) is 14.4 Å². The predicted molar refractivity (Wildman–Crippen MR) is 109 cm³/mol. The van der Waals surface area contributed by atoms with Crippen LogP contribution in [0, 0.1) is 0 Å². The molecule has 148 valence electrons. The molecule has 0 bridgehead atoms. The van der Waals surface area contributed by atoms with Crippen molar-refractivity contribution in [1.29, 1.82) is 0 Å². The molecule has 4 aromatic rings. The number of fused-ring (bicyclic) bond motifs is 2. The third-order valence-corrected chi connectivity index (χ3v) is 4.34. The number of aromatic nitrogens is 2. The molecule has 2 heterocycles. The molecule has 0 saturated heterocycles. The maximum absolute atomic E-state index is 12.1. The maximum atomic E-state index is 12.1. The summed E-state index contributed by atoms with van der Waals surface area (Å²) in [6.45, 7) is -1.04. The van der Waals surface area contributed by atoms with E-state index in [2.05, 4.69) is 9.97 Å². The van der Waals surface area contributed by atoms with Crippen molar-refractivity contribution < 1.29 is 23.9 Å². The normalized spacial score (nSPS) is 10.7. The van der Waals surface area contributed by atoms with Crippen molar-refractivity contribution in [2.24, 2.45) is 0 Å². The molecule has 0 aliphatic rings. The molecule has 0 saturated carbocycles. The SMILES string of the molecule is O=C(COC(=O)c1ccc2ccccc2n1)COC(=O)c1ccc2ccccc2n1. The van der Waals surface area contributed by atoms with Gasteiger partial charge in [-0.15, -0.1) is 0 Å². The number of hydrogen-bond donors (Lipinski definition) is 0. The maximum Gasteiger partial charge on any atom is 0.357 e. The first-order valence-electron chi connectivity index (χ1n) is 9.18. The van der Waals surface area contributed by atoms with Crippen LogP contribution in [0.2, 0.25) is 0 Å². The number of rotatable bonds is 6. The average Bonchev–Trinajstić information content (AvgIpc) is 2.80. The molecule has 2 aromatic carbocycles. The fourth-order valence-corrected chi connectivity index (χ4v) is 2.84. The summed E-state index contributed by atoms with van der Waals surface area (Å²) in [6.07, 6.45) is 0. The number of pyridine rings is 2. The number of ketones is 1. The van der Waals surface area contributed by atoms with Crippen LogP contribution in [0.5, 0.6) is 0 Å². The Kier molecular flexibility index (Phi) is 5.43. The third-order valence-electron chi connectivity index (χ3n) is 4.34. The lowest BCUT2D eigenvalue weighted by molar-refractivity contribution is -0.125. The lowest BCUT2D eigenvalue weighted by atomic mass is 10.2. The number of ether oxygens (including phenoxy) is 2. The first-order valence-corrected chi connectivity index (χ1v) is 9.18. The van der Waals surface area contributed by atoms with E-state index in [1.807, 2.05) is 36.4 Å². The summed E-state index contributed by atoms with van der Waals surface area (Å²) in [4.78, 5) is 44.6. The van der Waals surface area contributed by atoms with Crippen molar-refractivity contribution in [2.75, 3.05) is 13.2 Å². The van der Waals surface area contributed by atoms with Crippen LogP contribution in [0.1, 0.15) is 21.0 Å². The van der Waals surface area contributed by atoms with Gasteiger partial charge in [0, 0.05) is 10.8 Å². The number of carbonyl (C=O) groups is 3. The van der Waals surface area contributed by atoms with Gasteiger partial charge in [0.25, 0.3) is 0 Å². The molecule has 0 aliphatic carbocycles. The molecule has 0 N–H and O–H groups in total. The van der Waals surface area contributed by atoms with E-state index < -0.39 is 30.9 Å². The first-order chi connectivity index (χ1) is 14.6. The summed E-state index contributed by atoms with van der Waals surface area (Å²) >= 11 is 0. The summed E-state index contributed by atoms with van der Waals surface area (Å²) < 4.78 is 9.95. The standard InChI is InChI=1S/C23H16N2O5/c26-17(13-29-22(27)20-11-9-15-5-1-3-7-18(15)24-20)14-30-23(28)21-12-10-16-6-2-4-8-19(16)25-21/h1-12H,13-14H2. The Hall–Kier alpha value is -4.13. The van der Waals surface area contributed by atoms with Gasteiger partial charge in [-0.25, -0.2) is 19.6 Å². The molecule has 0 fully saturated rings. The van der Waals surface area contributed by atoms with Crippen molar-refractivity contribution in [3.8, 4) is 0 Å². The van der Waals surface area contributed by atoms with E-state index in [1.54, 1.807) is 24.3 Å². The van der Waals surface area contributed by atoms with Crippen molar-refractivity contribution >= 4 is 39.5 Å². The van der Waals surface area contributed by atoms with Gasteiger partial charge in [-0.2, -0.15) is 0 Å². The molecule has 2 aromatic heterocycles. The smallest absolute Gasteiger partial charge is 0.357 e. The van der Waals surface area contributed by atoms with Crippen LogP contribution in [0.3, 0.4) is 0 Å². The van der Waals surface area contributed by atoms with Crippen LogP contribution in [0.15, 0.2) is 72.8 Å². The van der Waals surface area contributed by atoms with E-state index >= 15 is 0 Å². The van der Waals surface area contributed by atoms with Gasteiger partial charge in [-0.1, -0.05) is 48.5 Å². The molecule has 0 unspecified atom stereocenters. The predicted octanol–water partition coefficient (Wildman–Crippen LogP) is 3.37. The van der Waals surface area contributed by atoms with Gasteiger partial charge in [0.05, 0.1) is 11.0 Å². The van der Waals surface area contributed by atoms with Crippen LogP contribution in [0.4, 0.5) is 0 Å². The highest BCUT2D eigenvalue weighted by Crippen LogP contribution is 2.13. The molecular formula is C23H16N2O5. The monoisotopic (exact) mass is 400 g/mol. The fraction of sp³-hybridized carbons (Fsp3) is 0.0870. The number of esters is 2. The molecule has 7 heteroatoms. The minimum atomic E-state index is -0.725. The Labute approximate surface area is 171 Å². The van der Waals surface area contributed by atoms with Crippen molar-refractivity contribution in [3.63, 3.8) is 0 Å². The summed E-state index contributed by atoms with van der Waals surface area (Å²) in [6, 6.07) is 21.2. The van der Waals surface area contributed by atoms with Gasteiger partial charge in [-0.05, 0) is 24.3 Å². The number of para-hydroxylation sites is 2. The second-order valence-corrected chi connectivity index (χ2v) is 6.47. The Balaban J connectivity index is 1.30. The molecular weight excluding hydrogens is 384 g/mol. The Morgan fingerprint density at radius 2 is 1.03 bits per heavy atom. The lowest BCUT2D eigenvalue weighted by Crippen LogP contribution is -2.21. The number of benzene rings is 2. The van der Waals surface area contributed by atoms with Crippen molar-refractivity contribution in [3.05, 3.63) is 84.2 Å². The molecule has 0 aliphatic heterocycles. The number of hydrogen-bond acceptors (Lipinski definition) is 7. The van der Waals surface area contributed by atoms with Gasteiger partial charge in [0.15, 0.2) is 13.2 Å². The molecule has 0 spiro atoms. The van der Waals surface area contributed by atoms with Crippen LogP contribution < -0.4 is 0 Å². The fourth-order valence-electron chi connectivity index (χ4n) is 2.84. The second-order valence-electron chi connectivity index (χ2n) is 6.47. The van der Waals surface area contributed by atoms with Gasteiger partial charge < -0.3 is 9.47 Å². The van der Waals surface area contributed by atoms with Crippen LogP contribution >= 0.6 is 0 Å². The molecule has 0 atom stereocenters. The summed E-state index contributed by atoms with van der Waals surface area (Å²) in [5.41, 5.74) is 1.49. The van der Waals surface area contributed by atoms with E-state index in [0.717, 1.165) is 10.8 Å². The van der Waals surface area contributed by atoms with E-state index in [0.29, 0.717) is 11.0 Å². The minimum Gasteiger partial charge on any atom is -0.453 e. The molecule has 7 nitrogen and oxygen atoms in total. The zero-order valence-corrected chi connectivity index (χ0v) is 15.8. The second kappa shape index (κ2) is 8.48. The van der Waals surface area contributed by atoms with E-state index in [-0.39, 0.29) is 11.4 Å². The minimum absolute atomic E-state index is 0.0962. The zero-order valence-electron chi connectivity index (χ0n) is 15.8. The highest BCUT2D eigenvalue weighted by Gasteiger charge is 2.15. The number of carbonyl (C=O) groups excluding carboxylic acids is 3.